The molecule has 0 aliphatic heterocycles. The van der Waals surface area contributed by atoms with Crippen LogP contribution in [0.4, 0.5) is 34.6 Å². The van der Waals surface area contributed by atoms with Gasteiger partial charge in [-0.25, -0.2) is 17.6 Å². The van der Waals surface area contributed by atoms with Gasteiger partial charge in [-0.15, -0.1) is 0 Å². The van der Waals surface area contributed by atoms with Crippen molar-refractivity contribution in [3.05, 3.63) is 305 Å². The number of para-hydroxylation sites is 1. The maximum Gasteiger partial charge on any atom is 0.194 e. The SMILES string of the molecule is CC(C)(C)c1ccc(C2(c3ccc(-c4ccccc4)cc3)c3cc(N(c4ccc5c(c4)C(C)(C)c4ccccc4-5)c4ccccc4-c4ccccc4)ccc3-c3c2ccc(-c2cc(F)c(F)c(F)c2)c3-c2ccc(F)cc2)cc1. The molecule has 5 heteroatoms. The van der Waals surface area contributed by atoms with E-state index in [2.05, 4.69) is 215 Å². The third-order valence-corrected chi connectivity index (χ3v) is 16.6. The molecule has 0 fully saturated rings. The second-order valence-electron chi connectivity index (χ2n) is 22.5. The minimum absolute atomic E-state index is 0.148. The molecule has 0 saturated heterocycles. The van der Waals surface area contributed by atoms with Gasteiger partial charge in [0.25, 0.3) is 0 Å². The summed E-state index contributed by atoms with van der Waals surface area (Å²) < 4.78 is 61.0. The molecule has 0 saturated carbocycles. The summed E-state index contributed by atoms with van der Waals surface area (Å²) in [5.41, 5.74) is 19.3. The number of hydrogen-bond acceptors (Lipinski definition) is 1. The van der Waals surface area contributed by atoms with Gasteiger partial charge in [-0.3, -0.25) is 0 Å². The highest BCUT2D eigenvalue weighted by Gasteiger charge is 2.48. The largest absolute Gasteiger partial charge is 0.310 e. The maximum atomic E-state index is 15.5. The molecule has 13 rings (SSSR count). The van der Waals surface area contributed by atoms with Gasteiger partial charge in [-0.05, 0) is 160 Å². The average molecular weight is 1030 g/mol. The van der Waals surface area contributed by atoms with Gasteiger partial charge in [-0.2, -0.15) is 0 Å². The summed E-state index contributed by atoms with van der Waals surface area (Å²) in [5.74, 6) is -4.57. The highest BCUT2D eigenvalue weighted by atomic mass is 19.2. The van der Waals surface area contributed by atoms with E-state index in [0.29, 0.717) is 16.7 Å². The summed E-state index contributed by atoms with van der Waals surface area (Å²) in [6.45, 7) is 11.3. The lowest BCUT2D eigenvalue weighted by atomic mass is 9.66. The van der Waals surface area contributed by atoms with Gasteiger partial charge in [0, 0.05) is 22.4 Å². The Morgan fingerprint density at radius 3 is 1.51 bits per heavy atom. The van der Waals surface area contributed by atoms with Crippen molar-refractivity contribution in [1.82, 2.24) is 0 Å². The lowest BCUT2D eigenvalue weighted by Crippen LogP contribution is -2.29. The van der Waals surface area contributed by atoms with E-state index in [4.69, 9.17) is 0 Å². The zero-order valence-electron chi connectivity index (χ0n) is 44.6. The topological polar surface area (TPSA) is 3.24 Å². The number of benzene rings is 11. The first-order valence-electron chi connectivity index (χ1n) is 26.9. The van der Waals surface area contributed by atoms with Crippen molar-refractivity contribution < 1.29 is 17.6 Å². The first-order valence-corrected chi connectivity index (χ1v) is 26.9. The lowest BCUT2D eigenvalue weighted by Gasteiger charge is -2.36. The van der Waals surface area contributed by atoms with Crippen molar-refractivity contribution in [2.24, 2.45) is 0 Å². The quantitative estimate of drug-likeness (QED) is 0.103. The van der Waals surface area contributed by atoms with Crippen LogP contribution in [0.15, 0.2) is 243 Å². The second kappa shape index (κ2) is 18.8. The molecule has 0 aromatic heterocycles. The number of fused-ring (bicyclic) bond motifs is 6. The van der Waals surface area contributed by atoms with E-state index in [-0.39, 0.29) is 16.4 Å². The summed E-state index contributed by atoms with van der Waals surface area (Å²) in [4.78, 5) is 2.38. The van der Waals surface area contributed by atoms with Crippen LogP contribution >= 0.6 is 0 Å². The third kappa shape index (κ3) is 8.05. The molecule has 0 amide bonds. The molecule has 11 aromatic rings. The van der Waals surface area contributed by atoms with Crippen LogP contribution in [-0.4, -0.2) is 0 Å². The van der Waals surface area contributed by atoms with Gasteiger partial charge in [0.05, 0.1) is 11.1 Å². The molecular weight excluding hydrogens is 979 g/mol. The normalized spacial score (nSPS) is 14.8. The molecule has 1 nitrogen and oxygen atoms in total. The highest BCUT2D eigenvalue weighted by molar-refractivity contribution is 6.03. The number of anilines is 3. The van der Waals surface area contributed by atoms with E-state index in [9.17, 15) is 4.39 Å². The van der Waals surface area contributed by atoms with Crippen molar-refractivity contribution >= 4 is 17.1 Å². The smallest absolute Gasteiger partial charge is 0.194 e. The van der Waals surface area contributed by atoms with Crippen LogP contribution < -0.4 is 4.90 Å². The Morgan fingerprint density at radius 2 is 0.861 bits per heavy atom. The molecule has 0 bridgehead atoms. The van der Waals surface area contributed by atoms with Crippen LogP contribution in [0.1, 0.15) is 73.6 Å². The lowest BCUT2D eigenvalue weighted by molar-refractivity contribution is 0.448. The Kier molecular flexibility index (Phi) is 11.8. The van der Waals surface area contributed by atoms with Crippen molar-refractivity contribution in [2.45, 2.75) is 50.9 Å². The summed E-state index contributed by atoms with van der Waals surface area (Å²) >= 11 is 0. The molecule has 0 heterocycles. The van der Waals surface area contributed by atoms with Crippen LogP contribution in [0.5, 0.6) is 0 Å². The van der Waals surface area contributed by atoms with Gasteiger partial charge < -0.3 is 4.90 Å². The number of hydrogen-bond donors (Lipinski definition) is 0. The number of rotatable bonds is 9. The fourth-order valence-electron chi connectivity index (χ4n) is 12.7. The highest BCUT2D eigenvalue weighted by Crippen LogP contribution is 2.62. The fourth-order valence-corrected chi connectivity index (χ4v) is 12.7. The van der Waals surface area contributed by atoms with Crippen molar-refractivity contribution in [3.8, 4) is 66.8 Å². The van der Waals surface area contributed by atoms with Gasteiger partial charge in [-0.1, -0.05) is 223 Å². The Balaban J connectivity index is 1.15. The minimum Gasteiger partial charge on any atom is -0.310 e. The Hall–Kier alpha value is -9.06. The number of nitrogens with zero attached hydrogens (tertiary/aromatic N) is 1. The van der Waals surface area contributed by atoms with Crippen LogP contribution in [0.2, 0.25) is 0 Å². The van der Waals surface area contributed by atoms with Crippen LogP contribution in [-0.2, 0) is 16.2 Å². The summed E-state index contributed by atoms with van der Waals surface area (Å²) in [6, 6.07) is 81.7. The van der Waals surface area contributed by atoms with Crippen LogP contribution in [0.3, 0.4) is 0 Å². The van der Waals surface area contributed by atoms with Gasteiger partial charge in [0.2, 0.25) is 0 Å². The van der Waals surface area contributed by atoms with E-state index >= 15 is 13.2 Å². The number of halogens is 4. The third-order valence-electron chi connectivity index (χ3n) is 16.6. The molecule has 0 spiro atoms. The van der Waals surface area contributed by atoms with Gasteiger partial charge in [0.1, 0.15) is 5.82 Å². The second-order valence-corrected chi connectivity index (χ2v) is 22.5. The summed E-state index contributed by atoms with van der Waals surface area (Å²) in [6.07, 6.45) is 0. The Bertz CT molecular complexity index is 4130. The van der Waals surface area contributed by atoms with Crippen LogP contribution in [0.25, 0.3) is 66.8 Å². The van der Waals surface area contributed by atoms with E-state index in [1.807, 2.05) is 30.3 Å². The summed E-state index contributed by atoms with van der Waals surface area (Å²) in [7, 11) is 0. The molecule has 0 radical (unpaired) electrons. The van der Waals surface area contributed by atoms with Gasteiger partial charge >= 0.3 is 0 Å². The molecule has 0 N–H and O–H groups in total. The molecule has 11 aromatic carbocycles. The zero-order chi connectivity index (χ0) is 54.4. The van der Waals surface area contributed by atoms with E-state index in [0.717, 1.165) is 84.8 Å². The summed E-state index contributed by atoms with van der Waals surface area (Å²) in [5, 5.41) is 0. The monoisotopic (exact) mass is 1030 g/mol. The predicted octanol–water partition coefficient (Wildman–Crippen LogP) is 20.3. The average Bonchev–Trinajstić information content (AvgIpc) is 2.97. The van der Waals surface area contributed by atoms with E-state index < -0.39 is 28.7 Å². The molecule has 2 aliphatic carbocycles. The van der Waals surface area contributed by atoms with Crippen molar-refractivity contribution in [3.63, 3.8) is 0 Å². The van der Waals surface area contributed by atoms with Crippen molar-refractivity contribution in [1.29, 1.82) is 0 Å². The molecule has 384 valence electrons. The minimum atomic E-state index is -1.54. The van der Waals surface area contributed by atoms with Crippen LogP contribution in [0, 0.1) is 23.3 Å². The van der Waals surface area contributed by atoms with Crippen molar-refractivity contribution in [2.75, 3.05) is 4.90 Å². The zero-order valence-corrected chi connectivity index (χ0v) is 44.6. The van der Waals surface area contributed by atoms with Gasteiger partial charge in [0.15, 0.2) is 17.5 Å². The first kappa shape index (κ1) is 49.5. The Labute approximate surface area is 459 Å². The maximum absolute atomic E-state index is 15.5. The molecular formula is C74H55F4N. The molecule has 79 heavy (non-hydrogen) atoms. The van der Waals surface area contributed by atoms with E-state index in [1.165, 1.54) is 39.9 Å². The molecule has 1 unspecified atom stereocenters. The molecule has 1 atom stereocenters. The fraction of sp³-hybridized carbons (Fsp3) is 0.108. The standard InChI is InChI=1S/C74H55F4N/c1-72(2,3)51-30-32-53(33-31-51)74(52-28-24-47(25-29-52)46-16-8-6-9-17-46)63-41-40-58(50-42-66(76)71(78)67(77)43-50)69(49-26-34-54(75)35-27-49)70(63)61-39-37-56(45-65(61)74)79(68-23-15-13-20-57(68)48-18-10-7-11-19-48)55-36-38-60-59-21-12-14-22-62(59)73(4,5)64(60)44-55/h6-45H,1-5H3. The predicted molar refractivity (Wildman–Crippen MR) is 316 cm³/mol. The Morgan fingerprint density at radius 1 is 0.354 bits per heavy atom. The first-order chi connectivity index (χ1) is 38.2. The molecule has 2 aliphatic rings. The van der Waals surface area contributed by atoms with E-state index in [1.54, 1.807) is 12.1 Å².